The van der Waals surface area contributed by atoms with Gasteiger partial charge in [-0.25, -0.2) is 0 Å². The number of allylic oxidation sites excluding steroid dienone is 2. The fourth-order valence-electron chi connectivity index (χ4n) is 2.60. The second-order valence-corrected chi connectivity index (χ2v) is 4.93. The van der Waals surface area contributed by atoms with Gasteiger partial charge in [0.05, 0.1) is 5.92 Å². The molecule has 0 spiro atoms. The number of benzene rings is 1. The third kappa shape index (κ3) is 2.41. The van der Waals surface area contributed by atoms with Gasteiger partial charge in [0.15, 0.2) is 0 Å². The summed E-state index contributed by atoms with van der Waals surface area (Å²) < 4.78 is 0. The maximum Gasteiger partial charge on any atom is 0.307 e. The van der Waals surface area contributed by atoms with Gasteiger partial charge in [0, 0.05) is 5.92 Å². The van der Waals surface area contributed by atoms with Gasteiger partial charge in [0.25, 0.3) is 0 Å². The molecule has 0 unspecified atom stereocenters. The Morgan fingerprint density at radius 1 is 1.12 bits per heavy atom. The maximum absolute atomic E-state index is 11.4. The molecule has 1 aromatic rings. The lowest BCUT2D eigenvalue weighted by Gasteiger charge is -2.30. The van der Waals surface area contributed by atoms with E-state index in [4.69, 9.17) is 0 Å². The lowest BCUT2D eigenvalue weighted by molar-refractivity contribution is -0.142. The van der Waals surface area contributed by atoms with Crippen molar-refractivity contribution in [2.45, 2.75) is 32.6 Å². The lowest BCUT2D eigenvalue weighted by Crippen LogP contribution is -2.26. The zero-order valence-electron chi connectivity index (χ0n) is 10.3. The second kappa shape index (κ2) is 4.74. The number of rotatable bonds is 2. The zero-order chi connectivity index (χ0) is 12.4. The largest absolute Gasteiger partial charge is 0.481 e. The van der Waals surface area contributed by atoms with Crippen LogP contribution >= 0.6 is 0 Å². The van der Waals surface area contributed by atoms with Crippen molar-refractivity contribution in [3.05, 3.63) is 47.0 Å². The minimum Gasteiger partial charge on any atom is -0.481 e. The van der Waals surface area contributed by atoms with Crippen LogP contribution in [-0.2, 0) is 4.79 Å². The number of carbonyl (C=O) groups is 1. The van der Waals surface area contributed by atoms with Crippen molar-refractivity contribution >= 4 is 5.97 Å². The van der Waals surface area contributed by atoms with Gasteiger partial charge in [-0.2, -0.15) is 0 Å². The van der Waals surface area contributed by atoms with Gasteiger partial charge in [-0.15, -0.1) is 0 Å². The van der Waals surface area contributed by atoms with Gasteiger partial charge in [-0.05, 0) is 32.3 Å². The van der Waals surface area contributed by atoms with Crippen LogP contribution in [0.5, 0.6) is 0 Å². The van der Waals surface area contributed by atoms with Gasteiger partial charge < -0.3 is 5.11 Å². The van der Waals surface area contributed by atoms with Crippen molar-refractivity contribution in [3.63, 3.8) is 0 Å². The highest BCUT2D eigenvalue weighted by atomic mass is 16.4. The summed E-state index contributed by atoms with van der Waals surface area (Å²) in [7, 11) is 0. The molecule has 2 nitrogen and oxygen atoms in total. The monoisotopic (exact) mass is 230 g/mol. The van der Waals surface area contributed by atoms with Gasteiger partial charge in [0.2, 0.25) is 0 Å². The van der Waals surface area contributed by atoms with E-state index in [1.54, 1.807) is 0 Å². The summed E-state index contributed by atoms with van der Waals surface area (Å²) in [6.45, 7) is 4.16. The fourth-order valence-corrected chi connectivity index (χ4v) is 2.60. The molecule has 1 N–H and O–H groups in total. The lowest BCUT2D eigenvalue weighted by atomic mass is 9.73. The predicted molar refractivity (Wildman–Crippen MR) is 67.9 cm³/mol. The number of hydrogen-bond donors (Lipinski definition) is 1. The molecule has 0 saturated heterocycles. The Hall–Kier alpha value is -1.57. The van der Waals surface area contributed by atoms with Crippen LogP contribution in [-0.4, -0.2) is 11.1 Å². The van der Waals surface area contributed by atoms with Crippen LogP contribution in [0.2, 0.25) is 0 Å². The molecule has 0 amide bonds. The summed E-state index contributed by atoms with van der Waals surface area (Å²) in [5.74, 6) is -0.829. The number of carboxylic acid groups (broad SMARTS) is 1. The fraction of sp³-hybridized carbons (Fsp3) is 0.400. The van der Waals surface area contributed by atoms with Crippen LogP contribution in [0.4, 0.5) is 0 Å². The van der Waals surface area contributed by atoms with Crippen LogP contribution in [0.15, 0.2) is 41.5 Å². The molecule has 0 saturated carbocycles. The van der Waals surface area contributed by atoms with E-state index >= 15 is 0 Å². The second-order valence-electron chi connectivity index (χ2n) is 4.93. The first-order valence-electron chi connectivity index (χ1n) is 6.02. The Bertz CT molecular complexity index is 445. The highest BCUT2D eigenvalue weighted by molar-refractivity contribution is 5.72. The van der Waals surface area contributed by atoms with Crippen molar-refractivity contribution in [1.29, 1.82) is 0 Å². The Labute approximate surface area is 102 Å². The van der Waals surface area contributed by atoms with E-state index in [1.165, 1.54) is 11.1 Å². The molecule has 17 heavy (non-hydrogen) atoms. The molecule has 90 valence electrons. The predicted octanol–water partition coefficient (Wildman–Crippen LogP) is 3.60. The van der Waals surface area contributed by atoms with Gasteiger partial charge >= 0.3 is 5.97 Å². The Morgan fingerprint density at radius 2 is 1.71 bits per heavy atom. The first-order chi connectivity index (χ1) is 8.09. The van der Waals surface area contributed by atoms with Crippen molar-refractivity contribution in [2.75, 3.05) is 0 Å². The Morgan fingerprint density at radius 3 is 2.29 bits per heavy atom. The van der Waals surface area contributed by atoms with E-state index in [0.717, 1.165) is 12.0 Å². The molecular formula is C15H18O2. The average molecular weight is 230 g/mol. The van der Waals surface area contributed by atoms with Gasteiger partial charge in [-0.1, -0.05) is 41.5 Å². The number of aliphatic carboxylic acids is 1. The standard InChI is InChI=1S/C15H18O2/c1-10-8-13(12-6-4-3-5-7-12)14(15(16)17)9-11(10)2/h3-7,13-14H,8-9H2,1-2H3,(H,16,17)/t13-,14-/m0/s1. The third-order valence-electron chi connectivity index (χ3n) is 3.81. The smallest absolute Gasteiger partial charge is 0.307 e. The molecule has 1 aromatic carbocycles. The highest BCUT2D eigenvalue weighted by Gasteiger charge is 2.33. The minimum absolute atomic E-state index is 0.123. The molecule has 0 aliphatic heterocycles. The van der Waals surface area contributed by atoms with E-state index < -0.39 is 5.97 Å². The Kier molecular flexibility index (Phi) is 3.32. The molecule has 2 heteroatoms. The van der Waals surface area contributed by atoms with Crippen molar-refractivity contribution in [1.82, 2.24) is 0 Å². The van der Waals surface area contributed by atoms with Crippen LogP contribution < -0.4 is 0 Å². The maximum atomic E-state index is 11.4. The molecular weight excluding hydrogens is 212 g/mol. The van der Waals surface area contributed by atoms with Crippen LogP contribution in [0.1, 0.15) is 38.2 Å². The third-order valence-corrected chi connectivity index (χ3v) is 3.81. The number of carboxylic acids is 1. The molecule has 0 heterocycles. The number of hydrogen-bond acceptors (Lipinski definition) is 1. The zero-order valence-corrected chi connectivity index (χ0v) is 10.3. The van der Waals surface area contributed by atoms with E-state index in [2.05, 4.69) is 6.92 Å². The van der Waals surface area contributed by atoms with Gasteiger partial charge in [0.1, 0.15) is 0 Å². The van der Waals surface area contributed by atoms with E-state index in [0.29, 0.717) is 6.42 Å². The quantitative estimate of drug-likeness (QED) is 0.788. The van der Waals surface area contributed by atoms with Crippen LogP contribution in [0.3, 0.4) is 0 Å². The Balaban J connectivity index is 2.35. The molecule has 1 aliphatic carbocycles. The first-order valence-corrected chi connectivity index (χ1v) is 6.02. The van der Waals surface area contributed by atoms with E-state index in [-0.39, 0.29) is 11.8 Å². The molecule has 2 rings (SSSR count). The SMILES string of the molecule is CC1=C(C)C[C@@H](c2ccccc2)[C@@H](C(=O)O)C1. The minimum atomic E-state index is -0.675. The van der Waals surface area contributed by atoms with E-state index in [9.17, 15) is 9.90 Å². The van der Waals surface area contributed by atoms with Gasteiger partial charge in [-0.3, -0.25) is 4.79 Å². The highest BCUT2D eigenvalue weighted by Crippen LogP contribution is 2.40. The van der Waals surface area contributed by atoms with Crippen LogP contribution in [0, 0.1) is 5.92 Å². The molecule has 2 atom stereocenters. The van der Waals surface area contributed by atoms with Crippen LogP contribution in [0.25, 0.3) is 0 Å². The average Bonchev–Trinajstić information content (AvgIpc) is 2.33. The topological polar surface area (TPSA) is 37.3 Å². The van der Waals surface area contributed by atoms with Crippen molar-refractivity contribution in [3.8, 4) is 0 Å². The molecule has 1 aliphatic rings. The normalized spacial score (nSPS) is 24.8. The van der Waals surface area contributed by atoms with Crippen molar-refractivity contribution in [2.24, 2.45) is 5.92 Å². The molecule has 0 aromatic heterocycles. The molecule has 0 radical (unpaired) electrons. The van der Waals surface area contributed by atoms with E-state index in [1.807, 2.05) is 37.3 Å². The summed E-state index contributed by atoms with van der Waals surface area (Å²) >= 11 is 0. The van der Waals surface area contributed by atoms with Crippen molar-refractivity contribution < 1.29 is 9.90 Å². The molecule has 0 bridgehead atoms. The summed E-state index contributed by atoms with van der Waals surface area (Å²) in [4.78, 5) is 11.4. The first kappa shape index (κ1) is 11.9. The molecule has 0 fully saturated rings. The summed E-state index contributed by atoms with van der Waals surface area (Å²) in [5.41, 5.74) is 3.73. The summed E-state index contributed by atoms with van der Waals surface area (Å²) in [6.07, 6.45) is 1.55. The summed E-state index contributed by atoms with van der Waals surface area (Å²) in [6, 6.07) is 10.0. The summed E-state index contributed by atoms with van der Waals surface area (Å²) in [5, 5.41) is 9.35.